The molecule has 0 aliphatic heterocycles. The van der Waals surface area contributed by atoms with Crippen molar-refractivity contribution in [1.82, 2.24) is 9.78 Å². The van der Waals surface area contributed by atoms with Crippen LogP contribution >= 0.6 is 15.9 Å². The van der Waals surface area contributed by atoms with Gasteiger partial charge in [0.2, 0.25) is 0 Å². The Bertz CT molecular complexity index is 611. The van der Waals surface area contributed by atoms with E-state index in [1.807, 2.05) is 44.3 Å². The summed E-state index contributed by atoms with van der Waals surface area (Å²) in [5, 5.41) is 13.4. The van der Waals surface area contributed by atoms with Gasteiger partial charge < -0.3 is 0 Å². The van der Waals surface area contributed by atoms with Gasteiger partial charge in [-0.05, 0) is 34.5 Å². The molecule has 0 unspecified atom stereocenters. The zero-order valence-corrected chi connectivity index (χ0v) is 11.8. The van der Waals surface area contributed by atoms with Crippen LogP contribution in [0.3, 0.4) is 0 Å². The SMILES string of the molecule is Cc1ccc(/C(C#N)=C/c2c(Br)cnn2C)cc1. The molecule has 3 nitrogen and oxygen atoms in total. The lowest BCUT2D eigenvalue weighted by molar-refractivity contribution is 0.759. The van der Waals surface area contributed by atoms with Crippen LogP contribution in [0.15, 0.2) is 34.9 Å². The monoisotopic (exact) mass is 301 g/mol. The smallest absolute Gasteiger partial charge is 0.0998 e. The highest BCUT2D eigenvalue weighted by molar-refractivity contribution is 9.10. The molecule has 0 saturated heterocycles. The molecule has 18 heavy (non-hydrogen) atoms. The number of halogens is 1. The Morgan fingerprint density at radius 1 is 1.39 bits per heavy atom. The molecule has 90 valence electrons. The number of aryl methyl sites for hydroxylation is 2. The first-order valence-corrected chi connectivity index (χ1v) is 6.27. The molecule has 2 rings (SSSR count). The van der Waals surface area contributed by atoms with Gasteiger partial charge in [0.25, 0.3) is 0 Å². The minimum atomic E-state index is 0.624. The fraction of sp³-hybridized carbons (Fsp3) is 0.143. The van der Waals surface area contributed by atoms with Gasteiger partial charge in [0, 0.05) is 7.05 Å². The van der Waals surface area contributed by atoms with E-state index in [2.05, 4.69) is 27.1 Å². The van der Waals surface area contributed by atoms with Crippen LogP contribution in [0.4, 0.5) is 0 Å². The largest absolute Gasteiger partial charge is 0.267 e. The predicted octanol–water partition coefficient (Wildman–Crippen LogP) is 3.56. The van der Waals surface area contributed by atoms with Gasteiger partial charge in [-0.3, -0.25) is 4.68 Å². The topological polar surface area (TPSA) is 41.6 Å². The van der Waals surface area contributed by atoms with Gasteiger partial charge in [-0.1, -0.05) is 29.8 Å². The summed E-state index contributed by atoms with van der Waals surface area (Å²) in [5.41, 5.74) is 3.60. The first-order chi connectivity index (χ1) is 8.61. The second kappa shape index (κ2) is 5.19. The summed E-state index contributed by atoms with van der Waals surface area (Å²) in [7, 11) is 1.85. The van der Waals surface area contributed by atoms with Gasteiger partial charge >= 0.3 is 0 Å². The summed E-state index contributed by atoms with van der Waals surface area (Å²) in [6.07, 6.45) is 3.55. The third-order valence-corrected chi connectivity index (χ3v) is 3.31. The van der Waals surface area contributed by atoms with E-state index in [4.69, 9.17) is 0 Å². The highest BCUT2D eigenvalue weighted by Crippen LogP contribution is 2.22. The molecule has 0 radical (unpaired) electrons. The summed E-state index contributed by atoms with van der Waals surface area (Å²) in [4.78, 5) is 0. The van der Waals surface area contributed by atoms with E-state index >= 15 is 0 Å². The molecule has 0 aliphatic carbocycles. The van der Waals surface area contributed by atoms with Crippen molar-refractivity contribution in [2.24, 2.45) is 7.05 Å². The van der Waals surface area contributed by atoms with E-state index < -0.39 is 0 Å². The van der Waals surface area contributed by atoms with Crippen molar-refractivity contribution in [3.63, 3.8) is 0 Å². The minimum absolute atomic E-state index is 0.624. The summed E-state index contributed by atoms with van der Waals surface area (Å²) in [6.45, 7) is 2.03. The van der Waals surface area contributed by atoms with E-state index in [9.17, 15) is 5.26 Å². The Hall–Kier alpha value is -1.86. The maximum absolute atomic E-state index is 9.27. The molecule has 0 spiro atoms. The zero-order chi connectivity index (χ0) is 13.1. The molecule has 2 aromatic rings. The quantitative estimate of drug-likeness (QED) is 0.796. The Morgan fingerprint density at radius 2 is 2.06 bits per heavy atom. The van der Waals surface area contributed by atoms with Crippen molar-refractivity contribution in [1.29, 1.82) is 5.26 Å². The third kappa shape index (κ3) is 2.52. The van der Waals surface area contributed by atoms with Crippen LogP contribution in [0.5, 0.6) is 0 Å². The van der Waals surface area contributed by atoms with Crippen LogP contribution in [0, 0.1) is 18.3 Å². The number of aromatic nitrogens is 2. The molecule has 0 fully saturated rings. The Kier molecular flexibility index (Phi) is 3.63. The number of nitriles is 1. The second-order valence-corrected chi connectivity index (χ2v) is 4.89. The Balaban J connectivity index is 2.47. The van der Waals surface area contributed by atoms with Crippen LogP contribution in [0.1, 0.15) is 16.8 Å². The van der Waals surface area contributed by atoms with Crippen molar-refractivity contribution in [2.75, 3.05) is 0 Å². The standard InChI is InChI=1S/C14H12BrN3/c1-10-3-5-11(6-4-10)12(8-16)7-14-13(15)9-17-18(14)2/h3-7,9H,1-2H3/b12-7+. The molecule has 0 saturated carbocycles. The van der Waals surface area contributed by atoms with E-state index in [1.54, 1.807) is 10.9 Å². The van der Waals surface area contributed by atoms with Crippen LogP contribution in [0.25, 0.3) is 11.6 Å². The number of hydrogen-bond acceptors (Lipinski definition) is 2. The lowest BCUT2D eigenvalue weighted by Gasteiger charge is -2.01. The molecule has 1 aromatic heterocycles. The minimum Gasteiger partial charge on any atom is -0.267 e. The maximum Gasteiger partial charge on any atom is 0.0998 e. The molecule has 4 heteroatoms. The second-order valence-electron chi connectivity index (χ2n) is 4.04. The Morgan fingerprint density at radius 3 is 2.56 bits per heavy atom. The lowest BCUT2D eigenvalue weighted by Crippen LogP contribution is -1.93. The first kappa shape index (κ1) is 12.6. The number of hydrogen-bond donors (Lipinski definition) is 0. The molecular weight excluding hydrogens is 290 g/mol. The average Bonchev–Trinajstić information content (AvgIpc) is 2.68. The highest BCUT2D eigenvalue weighted by Gasteiger charge is 2.06. The molecule has 0 bridgehead atoms. The normalized spacial score (nSPS) is 11.3. The van der Waals surface area contributed by atoms with E-state index in [0.717, 1.165) is 15.7 Å². The van der Waals surface area contributed by atoms with Crippen molar-refractivity contribution in [2.45, 2.75) is 6.92 Å². The molecule has 1 heterocycles. The summed E-state index contributed by atoms with van der Waals surface area (Å²) < 4.78 is 2.61. The fourth-order valence-corrected chi connectivity index (χ4v) is 2.10. The van der Waals surface area contributed by atoms with Gasteiger partial charge in [0.1, 0.15) is 0 Å². The Labute approximate surface area is 114 Å². The van der Waals surface area contributed by atoms with Crippen LogP contribution in [-0.2, 0) is 7.05 Å². The van der Waals surface area contributed by atoms with E-state index in [0.29, 0.717) is 5.57 Å². The number of rotatable bonds is 2. The van der Waals surface area contributed by atoms with Crippen LogP contribution < -0.4 is 0 Å². The molecule has 0 aliphatic rings. The van der Waals surface area contributed by atoms with E-state index in [1.165, 1.54) is 5.56 Å². The molecule has 0 amide bonds. The molecular formula is C14H12BrN3. The van der Waals surface area contributed by atoms with Gasteiger partial charge in [-0.25, -0.2) is 0 Å². The van der Waals surface area contributed by atoms with Crippen molar-refractivity contribution < 1.29 is 0 Å². The number of benzene rings is 1. The van der Waals surface area contributed by atoms with Crippen molar-refractivity contribution >= 4 is 27.6 Å². The van der Waals surface area contributed by atoms with Crippen LogP contribution in [0.2, 0.25) is 0 Å². The van der Waals surface area contributed by atoms with Crippen molar-refractivity contribution in [3.8, 4) is 6.07 Å². The molecule has 0 N–H and O–H groups in total. The predicted molar refractivity (Wildman–Crippen MR) is 75.6 cm³/mol. The van der Waals surface area contributed by atoms with Crippen molar-refractivity contribution in [3.05, 3.63) is 51.8 Å². The summed E-state index contributed by atoms with van der Waals surface area (Å²) in [5.74, 6) is 0. The lowest BCUT2D eigenvalue weighted by atomic mass is 10.0. The molecule has 1 aromatic carbocycles. The highest BCUT2D eigenvalue weighted by atomic mass is 79.9. The van der Waals surface area contributed by atoms with Gasteiger partial charge in [-0.15, -0.1) is 0 Å². The van der Waals surface area contributed by atoms with Gasteiger partial charge in [0.05, 0.1) is 28.0 Å². The number of nitrogens with zero attached hydrogens (tertiary/aromatic N) is 3. The third-order valence-electron chi connectivity index (χ3n) is 2.70. The summed E-state index contributed by atoms with van der Waals surface area (Å²) >= 11 is 3.42. The van der Waals surface area contributed by atoms with Gasteiger partial charge in [0.15, 0.2) is 0 Å². The van der Waals surface area contributed by atoms with Gasteiger partial charge in [-0.2, -0.15) is 10.4 Å². The average molecular weight is 302 g/mol. The molecule has 0 atom stereocenters. The van der Waals surface area contributed by atoms with E-state index in [-0.39, 0.29) is 0 Å². The van der Waals surface area contributed by atoms with Crippen LogP contribution in [-0.4, -0.2) is 9.78 Å². The maximum atomic E-state index is 9.27. The zero-order valence-electron chi connectivity index (χ0n) is 10.2. The first-order valence-electron chi connectivity index (χ1n) is 5.48. The summed E-state index contributed by atoms with van der Waals surface area (Å²) in [6, 6.07) is 10.1. The number of allylic oxidation sites excluding steroid dienone is 1. The fourth-order valence-electron chi connectivity index (χ4n) is 1.63.